The zero-order valence-corrected chi connectivity index (χ0v) is 9.35. The molecule has 0 aromatic carbocycles. The molecule has 0 aliphatic rings. The van der Waals surface area contributed by atoms with Gasteiger partial charge in [0.2, 0.25) is 0 Å². The summed E-state index contributed by atoms with van der Waals surface area (Å²) in [4.78, 5) is 0. The summed E-state index contributed by atoms with van der Waals surface area (Å²) in [6.07, 6.45) is 2.95. The van der Waals surface area contributed by atoms with E-state index in [4.69, 9.17) is 21.4 Å². The van der Waals surface area contributed by atoms with Gasteiger partial charge in [-0.25, -0.2) is 0 Å². The molecule has 0 rings (SSSR count). The van der Waals surface area contributed by atoms with Crippen LogP contribution in [0.4, 0.5) is 0 Å². The van der Waals surface area contributed by atoms with Gasteiger partial charge in [0.05, 0.1) is 6.61 Å². The normalized spacial score (nSPS) is 15.7. The zero-order chi connectivity index (χ0) is 10.1. The first-order valence-electron chi connectivity index (χ1n) is 4.27. The fourth-order valence-electron chi connectivity index (χ4n) is 0.812. The number of hydrogen-bond acceptors (Lipinski definition) is 4. The van der Waals surface area contributed by atoms with E-state index < -0.39 is 11.9 Å². The predicted octanol–water partition coefficient (Wildman–Crippen LogP) is 1.41. The second-order valence-electron chi connectivity index (χ2n) is 2.68. The van der Waals surface area contributed by atoms with Crippen LogP contribution in [-0.4, -0.2) is 40.7 Å². The van der Waals surface area contributed by atoms with E-state index in [0.29, 0.717) is 25.9 Å². The summed E-state index contributed by atoms with van der Waals surface area (Å²) in [6, 6.07) is 0. The third-order valence-corrected chi connectivity index (χ3v) is 2.28. The zero-order valence-electron chi connectivity index (χ0n) is 7.78. The van der Waals surface area contributed by atoms with Crippen molar-refractivity contribution in [3.8, 4) is 0 Å². The van der Waals surface area contributed by atoms with Crippen molar-refractivity contribution in [3.05, 3.63) is 0 Å². The average molecular weight is 229 g/mol. The van der Waals surface area contributed by atoms with E-state index in [1.54, 1.807) is 11.8 Å². The number of rotatable bonds is 8. The maximum Gasteiger partial charge on any atom is 0.154 e. The molecule has 0 heterocycles. The number of hydrogen-bond donors (Lipinski definition) is 2. The molecule has 0 bridgehead atoms. The van der Waals surface area contributed by atoms with Crippen molar-refractivity contribution >= 4 is 23.4 Å². The molecule has 5 heteroatoms. The molecule has 2 unspecified atom stereocenters. The highest BCUT2D eigenvalue weighted by atomic mass is 35.5. The Morgan fingerprint density at radius 2 is 2.08 bits per heavy atom. The van der Waals surface area contributed by atoms with Crippen molar-refractivity contribution in [2.45, 2.75) is 31.1 Å². The summed E-state index contributed by atoms with van der Waals surface area (Å²) in [5.74, 6) is 0.884. The van der Waals surface area contributed by atoms with E-state index in [0.717, 1.165) is 5.75 Å². The van der Waals surface area contributed by atoms with Crippen LogP contribution in [0.3, 0.4) is 0 Å². The lowest BCUT2D eigenvalue weighted by Gasteiger charge is -2.11. The summed E-state index contributed by atoms with van der Waals surface area (Å²) >= 11 is 6.99. The molecule has 0 aromatic heterocycles. The van der Waals surface area contributed by atoms with E-state index in [9.17, 15) is 5.11 Å². The number of ether oxygens (including phenoxy) is 1. The van der Waals surface area contributed by atoms with Gasteiger partial charge in [-0.1, -0.05) is 11.6 Å². The molecule has 0 fully saturated rings. The Hall–Kier alpha value is 0.520. The predicted molar refractivity (Wildman–Crippen MR) is 56.1 cm³/mol. The molecule has 2 atom stereocenters. The lowest BCUT2D eigenvalue weighted by molar-refractivity contribution is -0.0988. The molecule has 2 N–H and O–H groups in total. The third kappa shape index (κ3) is 10.4. The van der Waals surface area contributed by atoms with E-state index in [1.165, 1.54) is 0 Å². The minimum atomic E-state index is -0.807. The highest BCUT2D eigenvalue weighted by molar-refractivity contribution is 7.98. The van der Waals surface area contributed by atoms with Crippen LogP contribution in [0.25, 0.3) is 0 Å². The lowest BCUT2D eigenvalue weighted by Crippen LogP contribution is -2.14. The second kappa shape index (κ2) is 9.09. The summed E-state index contributed by atoms with van der Waals surface area (Å²) < 4.78 is 5.07. The Morgan fingerprint density at radius 1 is 1.38 bits per heavy atom. The van der Waals surface area contributed by atoms with E-state index in [2.05, 4.69) is 0 Å². The van der Waals surface area contributed by atoms with Gasteiger partial charge in [-0.05, 0) is 25.5 Å². The van der Waals surface area contributed by atoms with Gasteiger partial charge in [0.25, 0.3) is 0 Å². The van der Waals surface area contributed by atoms with Crippen LogP contribution in [0, 0.1) is 0 Å². The minimum Gasteiger partial charge on any atom is -0.378 e. The smallest absolute Gasteiger partial charge is 0.154 e. The van der Waals surface area contributed by atoms with Gasteiger partial charge in [-0.3, -0.25) is 0 Å². The molecule has 0 aliphatic carbocycles. The third-order valence-electron chi connectivity index (χ3n) is 1.49. The maximum atomic E-state index is 9.23. The first-order valence-corrected chi connectivity index (χ1v) is 6.10. The number of halogens is 1. The Bertz CT molecular complexity index is 114. The van der Waals surface area contributed by atoms with E-state index in [-0.39, 0.29) is 0 Å². The standard InChI is InChI=1S/C8H17ClO3S/c1-13-6-5-12-8(11)4-2-3-7(9)10/h7-8,10-11H,2-6H2,1H3. The van der Waals surface area contributed by atoms with Gasteiger partial charge in [-0.15, -0.1) is 0 Å². The summed E-state index contributed by atoms with van der Waals surface area (Å²) in [5, 5.41) is 18.0. The van der Waals surface area contributed by atoms with Gasteiger partial charge in [-0.2, -0.15) is 11.8 Å². The van der Waals surface area contributed by atoms with Crippen LogP contribution >= 0.6 is 23.4 Å². The fraction of sp³-hybridized carbons (Fsp3) is 1.00. The van der Waals surface area contributed by atoms with Crippen molar-refractivity contribution < 1.29 is 14.9 Å². The molecule has 0 aromatic rings. The molecule has 0 spiro atoms. The van der Waals surface area contributed by atoms with Gasteiger partial charge < -0.3 is 14.9 Å². The number of thioether (sulfide) groups is 1. The molecule has 0 amide bonds. The van der Waals surface area contributed by atoms with Gasteiger partial charge in [0, 0.05) is 5.75 Å². The monoisotopic (exact) mass is 228 g/mol. The van der Waals surface area contributed by atoms with Crippen molar-refractivity contribution in [2.75, 3.05) is 18.6 Å². The molecule has 0 aliphatic heterocycles. The van der Waals surface area contributed by atoms with E-state index in [1.807, 2.05) is 6.26 Å². The average Bonchev–Trinajstić information content (AvgIpc) is 2.04. The lowest BCUT2D eigenvalue weighted by atomic mass is 10.2. The summed E-state index contributed by atoms with van der Waals surface area (Å²) in [6.45, 7) is 0.561. The molecular formula is C8H17ClO3S. The first kappa shape index (κ1) is 13.5. The highest BCUT2D eigenvalue weighted by Crippen LogP contribution is 2.07. The highest BCUT2D eigenvalue weighted by Gasteiger charge is 2.05. The first-order chi connectivity index (χ1) is 6.16. The topological polar surface area (TPSA) is 49.7 Å². The van der Waals surface area contributed by atoms with E-state index >= 15 is 0 Å². The van der Waals surface area contributed by atoms with Crippen LogP contribution in [0.2, 0.25) is 0 Å². The SMILES string of the molecule is CSCCOC(O)CCCC(O)Cl. The summed E-state index contributed by atoms with van der Waals surface area (Å²) in [7, 11) is 0. The quantitative estimate of drug-likeness (QED) is 0.375. The Morgan fingerprint density at radius 3 is 2.62 bits per heavy atom. The number of alkyl halides is 1. The van der Waals surface area contributed by atoms with Gasteiger partial charge in [0.1, 0.15) is 5.56 Å². The van der Waals surface area contributed by atoms with Crippen molar-refractivity contribution in [1.29, 1.82) is 0 Å². The Labute approximate surface area is 88.4 Å². The second-order valence-corrected chi connectivity index (χ2v) is 4.17. The van der Waals surface area contributed by atoms with Crippen LogP contribution < -0.4 is 0 Å². The van der Waals surface area contributed by atoms with Crippen molar-refractivity contribution in [1.82, 2.24) is 0 Å². The molecule has 0 saturated carbocycles. The molecule has 0 saturated heterocycles. The fourth-order valence-corrected chi connectivity index (χ4v) is 1.23. The molecular weight excluding hydrogens is 212 g/mol. The van der Waals surface area contributed by atoms with Crippen molar-refractivity contribution in [2.24, 2.45) is 0 Å². The van der Waals surface area contributed by atoms with Gasteiger partial charge >= 0.3 is 0 Å². The van der Waals surface area contributed by atoms with Crippen molar-refractivity contribution in [3.63, 3.8) is 0 Å². The summed E-state index contributed by atoms with van der Waals surface area (Å²) in [5.41, 5.74) is -0.807. The largest absolute Gasteiger partial charge is 0.378 e. The Kier molecular flexibility index (Phi) is 9.45. The Balaban J connectivity index is 3.15. The molecule has 80 valence electrons. The van der Waals surface area contributed by atoms with Crippen LogP contribution in [-0.2, 0) is 4.74 Å². The van der Waals surface area contributed by atoms with Gasteiger partial charge in [0.15, 0.2) is 6.29 Å². The van der Waals surface area contributed by atoms with Crippen LogP contribution in [0.5, 0.6) is 0 Å². The molecule has 3 nitrogen and oxygen atoms in total. The number of aliphatic hydroxyl groups is 2. The maximum absolute atomic E-state index is 9.23. The van der Waals surface area contributed by atoms with Crippen LogP contribution in [0.1, 0.15) is 19.3 Å². The van der Waals surface area contributed by atoms with Crippen LogP contribution in [0.15, 0.2) is 0 Å². The molecule has 0 radical (unpaired) electrons. The minimum absolute atomic E-state index is 0.491. The number of aliphatic hydroxyl groups excluding tert-OH is 2. The molecule has 13 heavy (non-hydrogen) atoms.